The first kappa shape index (κ1) is 14.3. The zero-order chi connectivity index (χ0) is 13.9. The number of nitrogens with one attached hydrogen (secondary N) is 1. The van der Waals surface area contributed by atoms with Crippen LogP contribution >= 0.6 is 0 Å². The highest BCUT2D eigenvalue weighted by atomic mass is 32.2. The van der Waals surface area contributed by atoms with Crippen LogP contribution in [0.3, 0.4) is 0 Å². The van der Waals surface area contributed by atoms with E-state index in [0.29, 0.717) is 11.6 Å². The lowest BCUT2D eigenvalue weighted by Gasteiger charge is -2.21. The molecular weight excluding hydrogens is 268 g/mol. The minimum absolute atomic E-state index is 0.487. The number of hydrogen-bond acceptors (Lipinski definition) is 4. The molecule has 7 nitrogen and oxygen atoms in total. The molecule has 1 aliphatic heterocycles. The van der Waals surface area contributed by atoms with Gasteiger partial charge in [-0.3, -0.25) is 9.40 Å². The van der Waals surface area contributed by atoms with Crippen molar-refractivity contribution < 1.29 is 13.2 Å². The van der Waals surface area contributed by atoms with Crippen molar-refractivity contribution >= 4 is 15.9 Å². The van der Waals surface area contributed by atoms with Crippen molar-refractivity contribution in [2.24, 2.45) is 5.92 Å². The van der Waals surface area contributed by atoms with E-state index in [9.17, 15) is 8.42 Å². The standard InChI is InChI=1S/C11H20N4O3S/c1-14(2)19(16,17)13-11-7-12-15(9-11)8-10-3-5-18-6-4-10/h7,9-10,13H,3-6,8H2,1-2H3. The van der Waals surface area contributed by atoms with Crippen LogP contribution in [0.1, 0.15) is 12.8 Å². The summed E-state index contributed by atoms with van der Waals surface area (Å²) < 4.78 is 34.0. The summed E-state index contributed by atoms with van der Waals surface area (Å²) >= 11 is 0. The van der Waals surface area contributed by atoms with Gasteiger partial charge in [-0.05, 0) is 18.8 Å². The Bertz CT molecular complexity index is 506. The lowest BCUT2D eigenvalue weighted by Crippen LogP contribution is -2.28. The fourth-order valence-corrected chi connectivity index (χ4v) is 2.54. The molecule has 0 aromatic carbocycles. The van der Waals surface area contributed by atoms with Crippen molar-refractivity contribution in [2.45, 2.75) is 19.4 Å². The van der Waals surface area contributed by atoms with Crippen LogP contribution in [0.2, 0.25) is 0 Å². The molecule has 0 atom stereocenters. The van der Waals surface area contributed by atoms with Crippen molar-refractivity contribution in [1.82, 2.24) is 14.1 Å². The Morgan fingerprint density at radius 3 is 2.79 bits per heavy atom. The van der Waals surface area contributed by atoms with Gasteiger partial charge in [0.05, 0.1) is 11.9 Å². The third-order valence-electron chi connectivity index (χ3n) is 3.15. The summed E-state index contributed by atoms with van der Waals surface area (Å²) in [5.41, 5.74) is 0.487. The van der Waals surface area contributed by atoms with Crippen LogP contribution in [-0.2, 0) is 21.5 Å². The van der Waals surface area contributed by atoms with Crippen LogP contribution in [-0.4, -0.2) is 49.8 Å². The van der Waals surface area contributed by atoms with Gasteiger partial charge in [-0.1, -0.05) is 0 Å². The summed E-state index contributed by atoms with van der Waals surface area (Å²) in [6.45, 7) is 2.39. The summed E-state index contributed by atoms with van der Waals surface area (Å²) in [5.74, 6) is 0.548. The van der Waals surface area contributed by atoms with Gasteiger partial charge in [0.1, 0.15) is 0 Å². The minimum Gasteiger partial charge on any atom is -0.381 e. The van der Waals surface area contributed by atoms with Crippen molar-refractivity contribution in [3.8, 4) is 0 Å². The maximum Gasteiger partial charge on any atom is 0.301 e. The van der Waals surface area contributed by atoms with Crippen LogP contribution in [0.5, 0.6) is 0 Å². The van der Waals surface area contributed by atoms with Gasteiger partial charge in [-0.25, -0.2) is 0 Å². The fraction of sp³-hybridized carbons (Fsp3) is 0.727. The lowest BCUT2D eigenvalue weighted by atomic mass is 10.0. The molecule has 0 spiro atoms. The Morgan fingerprint density at radius 1 is 1.47 bits per heavy atom. The van der Waals surface area contributed by atoms with Crippen molar-refractivity contribution in [1.29, 1.82) is 0 Å². The zero-order valence-electron chi connectivity index (χ0n) is 11.2. The van der Waals surface area contributed by atoms with E-state index in [1.807, 2.05) is 0 Å². The molecule has 1 aliphatic rings. The maximum atomic E-state index is 11.7. The number of aromatic nitrogens is 2. The topological polar surface area (TPSA) is 76.5 Å². The summed E-state index contributed by atoms with van der Waals surface area (Å²) in [5, 5.41) is 4.18. The van der Waals surface area contributed by atoms with Gasteiger partial charge in [-0.15, -0.1) is 0 Å². The fourth-order valence-electron chi connectivity index (χ4n) is 1.95. The van der Waals surface area contributed by atoms with Gasteiger partial charge in [0.15, 0.2) is 0 Å². The second-order valence-corrected chi connectivity index (χ2v) is 6.78. The molecule has 2 rings (SSSR count). The first-order valence-corrected chi connectivity index (χ1v) is 7.72. The molecule has 0 amide bonds. The number of hydrogen-bond donors (Lipinski definition) is 1. The van der Waals surface area contributed by atoms with Gasteiger partial charge in [0.25, 0.3) is 0 Å². The summed E-state index contributed by atoms with van der Waals surface area (Å²) in [6, 6.07) is 0. The Labute approximate surface area is 113 Å². The van der Waals surface area contributed by atoms with Crippen LogP contribution in [0, 0.1) is 5.92 Å². The highest BCUT2D eigenvalue weighted by Gasteiger charge is 2.17. The van der Waals surface area contributed by atoms with E-state index in [1.165, 1.54) is 20.3 Å². The largest absolute Gasteiger partial charge is 0.381 e. The van der Waals surface area contributed by atoms with Crippen LogP contribution < -0.4 is 4.72 Å². The van der Waals surface area contributed by atoms with Crippen LogP contribution in [0.15, 0.2) is 12.4 Å². The van der Waals surface area contributed by atoms with Crippen molar-refractivity contribution in [3.05, 3.63) is 12.4 Å². The van der Waals surface area contributed by atoms with E-state index in [2.05, 4.69) is 9.82 Å². The lowest BCUT2D eigenvalue weighted by molar-refractivity contribution is 0.0601. The van der Waals surface area contributed by atoms with E-state index in [0.717, 1.165) is 36.9 Å². The van der Waals surface area contributed by atoms with Crippen molar-refractivity contribution in [3.63, 3.8) is 0 Å². The molecule has 108 valence electrons. The normalized spacial score (nSPS) is 17.8. The molecule has 0 saturated carbocycles. The van der Waals surface area contributed by atoms with Gasteiger partial charge in [0.2, 0.25) is 0 Å². The van der Waals surface area contributed by atoms with Gasteiger partial charge in [-0.2, -0.15) is 17.8 Å². The molecule has 0 bridgehead atoms. The number of anilines is 1. The van der Waals surface area contributed by atoms with Crippen LogP contribution in [0.25, 0.3) is 0 Å². The average molecular weight is 288 g/mol. The third-order valence-corrected chi connectivity index (χ3v) is 4.60. The molecule has 0 radical (unpaired) electrons. The summed E-state index contributed by atoms with van der Waals surface area (Å²) in [4.78, 5) is 0. The Balaban J connectivity index is 1.95. The average Bonchev–Trinajstić information content (AvgIpc) is 2.77. The van der Waals surface area contributed by atoms with E-state index in [4.69, 9.17) is 4.74 Å². The molecule has 0 aliphatic carbocycles. The Kier molecular flexibility index (Phi) is 4.43. The summed E-state index contributed by atoms with van der Waals surface area (Å²) in [6.07, 6.45) is 5.30. The van der Waals surface area contributed by atoms with Crippen molar-refractivity contribution in [2.75, 3.05) is 32.0 Å². The number of nitrogens with zero attached hydrogens (tertiary/aromatic N) is 3. The van der Waals surface area contributed by atoms with E-state index in [1.54, 1.807) is 10.9 Å². The second-order valence-electron chi connectivity index (χ2n) is 4.90. The third kappa shape index (κ3) is 3.92. The molecular formula is C11H20N4O3S. The first-order chi connectivity index (χ1) is 8.97. The van der Waals surface area contributed by atoms with Crippen LogP contribution in [0.4, 0.5) is 5.69 Å². The highest BCUT2D eigenvalue weighted by molar-refractivity contribution is 7.90. The van der Waals surface area contributed by atoms with E-state index >= 15 is 0 Å². The Morgan fingerprint density at radius 2 is 2.16 bits per heavy atom. The molecule has 0 unspecified atom stereocenters. The molecule has 19 heavy (non-hydrogen) atoms. The second kappa shape index (κ2) is 5.89. The van der Waals surface area contributed by atoms with E-state index < -0.39 is 10.2 Å². The van der Waals surface area contributed by atoms with E-state index in [-0.39, 0.29) is 0 Å². The molecule has 8 heteroatoms. The first-order valence-electron chi connectivity index (χ1n) is 6.28. The molecule has 1 aromatic rings. The molecule has 2 heterocycles. The SMILES string of the molecule is CN(C)S(=O)(=O)Nc1cnn(CC2CCOCC2)c1. The molecule has 1 aromatic heterocycles. The molecule has 1 N–H and O–H groups in total. The quantitative estimate of drug-likeness (QED) is 0.857. The number of rotatable bonds is 5. The molecule has 1 fully saturated rings. The summed E-state index contributed by atoms with van der Waals surface area (Å²) in [7, 11) is -0.499. The predicted molar refractivity (Wildman–Crippen MR) is 72.0 cm³/mol. The number of ether oxygens (including phenoxy) is 1. The molecule has 1 saturated heterocycles. The Hall–Kier alpha value is -1.12. The van der Waals surface area contributed by atoms with Gasteiger partial charge < -0.3 is 4.74 Å². The monoisotopic (exact) mass is 288 g/mol. The minimum atomic E-state index is -3.46. The zero-order valence-corrected chi connectivity index (χ0v) is 12.1. The predicted octanol–water partition coefficient (Wildman–Crippen LogP) is 0.528. The maximum absolute atomic E-state index is 11.7. The highest BCUT2D eigenvalue weighted by Crippen LogP contribution is 2.17. The smallest absolute Gasteiger partial charge is 0.301 e. The van der Waals surface area contributed by atoms with Gasteiger partial charge >= 0.3 is 10.2 Å². The van der Waals surface area contributed by atoms with Gasteiger partial charge in [0, 0.05) is 40.1 Å².